The van der Waals surface area contributed by atoms with E-state index in [4.69, 9.17) is 11.3 Å². The second-order valence-corrected chi connectivity index (χ2v) is 30.0. The van der Waals surface area contributed by atoms with Crippen LogP contribution in [0.4, 0.5) is 28.4 Å². The number of hydrogen-bond acceptors (Lipinski definition) is 3. The molecule has 3 aliphatic heterocycles. The van der Waals surface area contributed by atoms with E-state index in [2.05, 4.69) is 238 Å². The fourth-order valence-electron chi connectivity index (χ4n) is 14.2. The van der Waals surface area contributed by atoms with E-state index < -0.39 is 0 Å². The van der Waals surface area contributed by atoms with Crippen molar-refractivity contribution in [3.8, 4) is 11.1 Å². The van der Waals surface area contributed by atoms with Gasteiger partial charge < -0.3 is 9.64 Å². The fraction of sp³-hybridized carbons (Fsp3) is 0.465. The molecule has 0 spiro atoms. The molecule has 3 heterocycles. The van der Waals surface area contributed by atoms with Crippen molar-refractivity contribution in [3.63, 3.8) is 0 Å². The Morgan fingerprint density at radius 3 is 1.53 bits per heavy atom. The quantitative estimate of drug-likeness (QED) is 0.168. The van der Waals surface area contributed by atoms with Crippen LogP contribution in [0.2, 0.25) is 0 Å². The van der Waals surface area contributed by atoms with Crippen LogP contribution in [0.3, 0.4) is 0 Å². The molecular weight excluding hydrogens is 908 g/mol. The van der Waals surface area contributed by atoms with Crippen molar-refractivity contribution >= 4 is 46.1 Å². The van der Waals surface area contributed by atoms with Crippen LogP contribution in [0.25, 0.3) is 11.1 Å². The van der Waals surface area contributed by atoms with Crippen LogP contribution in [0.5, 0.6) is 0 Å². The SMILES string of the molecule is C=C1C=C2/C(=C\C3=C(O1)N(c1ccc4c(c1)C(C)(C)CCC4(C)C)c1cc(-c4cc5c(cc4C)C(C)(C)CCC5(C)C)cc4c1B3c1cc(C(C)(C)C)ccc1N4c1ccc(C(C)(C)C)cc1)C(C)(C)CCC2(C)C. The van der Waals surface area contributed by atoms with E-state index in [9.17, 15) is 0 Å². The van der Waals surface area contributed by atoms with Crippen LogP contribution in [-0.2, 0) is 37.2 Å². The third-order valence-electron chi connectivity index (χ3n) is 19.7. The zero-order valence-electron chi connectivity index (χ0n) is 49.6. The normalized spacial score (nSPS) is 22.2. The smallest absolute Gasteiger partial charge is 0.256 e. The minimum Gasteiger partial charge on any atom is -0.442 e. The minimum absolute atomic E-state index is 0.000479. The number of benzene rings is 5. The second-order valence-electron chi connectivity index (χ2n) is 30.0. The van der Waals surface area contributed by atoms with Gasteiger partial charge in [0.15, 0.2) is 5.88 Å². The molecule has 0 bridgehead atoms. The lowest BCUT2D eigenvalue weighted by molar-refractivity contribution is 0.254. The first-order chi connectivity index (χ1) is 34.7. The highest BCUT2D eigenvalue weighted by atomic mass is 16.5. The summed E-state index contributed by atoms with van der Waals surface area (Å²) in [5.74, 6) is 1.55. The third kappa shape index (κ3) is 8.27. The molecule has 5 aromatic rings. The number of ether oxygens (including phenoxy) is 1. The van der Waals surface area contributed by atoms with Crippen LogP contribution >= 0.6 is 0 Å². The first-order valence-corrected chi connectivity index (χ1v) is 28.6. The molecule has 1 fully saturated rings. The number of hydrogen-bond donors (Lipinski definition) is 0. The van der Waals surface area contributed by atoms with Gasteiger partial charge in [0, 0.05) is 28.4 Å². The molecule has 1 saturated carbocycles. The number of allylic oxidation sites excluding steroid dienone is 5. The van der Waals surface area contributed by atoms with Crippen molar-refractivity contribution in [3.05, 3.63) is 171 Å². The van der Waals surface area contributed by atoms with Crippen LogP contribution in [0.15, 0.2) is 132 Å². The molecule has 5 aromatic carbocycles. The van der Waals surface area contributed by atoms with Gasteiger partial charge in [-0.2, -0.15) is 0 Å². The van der Waals surface area contributed by atoms with Gasteiger partial charge in [-0.05, 0) is 215 Å². The van der Waals surface area contributed by atoms with Gasteiger partial charge in [-0.1, -0.05) is 180 Å². The highest BCUT2D eigenvalue weighted by Crippen LogP contribution is 2.57. The second kappa shape index (κ2) is 16.5. The number of rotatable bonds is 3. The van der Waals surface area contributed by atoms with Gasteiger partial charge in [0.1, 0.15) is 5.76 Å². The Morgan fingerprint density at radius 1 is 0.480 bits per heavy atom. The lowest BCUT2D eigenvalue weighted by Crippen LogP contribution is -2.56. The molecule has 0 atom stereocenters. The number of anilines is 5. The highest BCUT2D eigenvalue weighted by molar-refractivity contribution is 6.95. The van der Waals surface area contributed by atoms with Crippen molar-refractivity contribution < 1.29 is 4.74 Å². The Morgan fingerprint density at radius 2 is 0.960 bits per heavy atom. The van der Waals surface area contributed by atoms with Crippen LogP contribution in [0.1, 0.15) is 202 Å². The summed E-state index contributed by atoms with van der Waals surface area (Å²) in [6, 6.07) is 34.5. The van der Waals surface area contributed by atoms with E-state index in [1.807, 2.05) is 0 Å². The van der Waals surface area contributed by atoms with Crippen molar-refractivity contribution in [2.24, 2.45) is 10.8 Å². The Labute approximate surface area is 453 Å². The average molecular weight is 995 g/mol. The van der Waals surface area contributed by atoms with E-state index in [0.717, 1.165) is 49.4 Å². The Kier molecular flexibility index (Phi) is 11.4. The predicted octanol–water partition coefficient (Wildman–Crippen LogP) is 18.5. The molecule has 6 aliphatic rings. The van der Waals surface area contributed by atoms with Gasteiger partial charge in [-0.15, -0.1) is 0 Å². The summed E-state index contributed by atoms with van der Waals surface area (Å²) in [5, 5.41) is 0. The van der Waals surface area contributed by atoms with Crippen molar-refractivity contribution in [1.82, 2.24) is 0 Å². The van der Waals surface area contributed by atoms with E-state index in [1.165, 1.54) is 101 Å². The molecule has 11 rings (SSSR count). The van der Waals surface area contributed by atoms with Crippen LogP contribution in [-0.4, -0.2) is 6.71 Å². The molecule has 4 heteroatoms. The van der Waals surface area contributed by atoms with Crippen LogP contribution in [0, 0.1) is 17.8 Å². The van der Waals surface area contributed by atoms with Crippen molar-refractivity contribution in [2.45, 2.75) is 203 Å². The zero-order valence-corrected chi connectivity index (χ0v) is 49.6. The van der Waals surface area contributed by atoms with E-state index in [-0.39, 0.29) is 50.0 Å². The lowest BCUT2D eigenvalue weighted by atomic mass is 9.32. The predicted molar refractivity (Wildman–Crippen MR) is 323 cm³/mol. The van der Waals surface area contributed by atoms with Gasteiger partial charge in [0.2, 0.25) is 0 Å². The summed E-state index contributed by atoms with van der Waals surface area (Å²) in [4.78, 5) is 5.15. The monoisotopic (exact) mass is 995 g/mol. The average Bonchev–Trinajstić information content (AvgIpc) is 3.39. The molecule has 390 valence electrons. The highest BCUT2D eigenvalue weighted by Gasteiger charge is 2.50. The van der Waals surface area contributed by atoms with Gasteiger partial charge in [-0.25, -0.2) is 0 Å². The standard InChI is InChI=1S/C71H87BN2O/c1-43-35-52-55(70(17,18)33-31-67(52,11)12)41-50(43)45-37-60-62-61(38-45)74(49-26-27-51-54(40-49)69(15,16)30-29-66(51,9)10)63-58(42-56-53(36-44(2)75-63)68(13,14)32-34-71(56,19)20)72(62)57-39-47(65(6,7)8)23-28-59(57)73(60)48-24-21-46(22-25-48)64(3,4)5/h21-28,35-42H,2,29-34H2,1,3-20H3/b53-36?,56-42+. The van der Waals surface area contributed by atoms with E-state index >= 15 is 0 Å². The van der Waals surface area contributed by atoms with E-state index in [0.29, 0.717) is 5.76 Å². The molecule has 0 saturated heterocycles. The summed E-state index contributed by atoms with van der Waals surface area (Å²) in [6.45, 7) is 50.4. The zero-order chi connectivity index (χ0) is 54.1. The summed E-state index contributed by atoms with van der Waals surface area (Å²) < 4.78 is 7.60. The topological polar surface area (TPSA) is 15.7 Å². The maximum absolute atomic E-state index is 7.60. The molecule has 0 radical (unpaired) electrons. The summed E-state index contributed by atoms with van der Waals surface area (Å²) in [7, 11) is 0. The molecule has 0 unspecified atom stereocenters. The molecule has 0 N–H and O–H groups in total. The molecular formula is C71H87BN2O. The number of aryl methyl sites for hydroxylation is 1. The first-order valence-electron chi connectivity index (χ1n) is 28.6. The maximum atomic E-state index is 7.60. The summed E-state index contributed by atoms with van der Waals surface area (Å²) in [6.07, 6.45) is 11.8. The van der Waals surface area contributed by atoms with Crippen LogP contribution < -0.4 is 20.7 Å². The van der Waals surface area contributed by atoms with Gasteiger partial charge >= 0.3 is 0 Å². The Hall–Kier alpha value is -5.48. The fourth-order valence-corrected chi connectivity index (χ4v) is 14.2. The van der Waals surface area contributed by atoms with E-state index in [1.54, 1.807) is 0 Å². The maximum Gasteiger partial charge on any atom is 0.256 e. The number of nitrogens with zero attached hydrogens (tertiary/aromatic N) is 2. The molecule has 0 amide bonds. The lowest BCUT2D eigenvalue weighted by Gasteiger charge is -2.48. The van der Waals surface area contributed by atoms with Crippen molar-refractivity contribution in [1.29, 1.82) is 0 Å². The van der Waals surface area contributed by atoms with Gasteiger partial charge in [0.05, 0.1) is 0 Å². The van der Waals surface area contributed by atoms with Gasteiger partial charge in [-0.3, -0.25) is 4.90 Å². The molecule has 0 aromatic heterocycles. The van der Waals surface area contributed by atoms with Gasteiger partial charge in [0.25, 0.3) is 6.71 Å². The largest absolute Gasteiger partial charge is 0.442 e. The number of fused-ring (bicyclic) bond motifs is 6. The Bertz CT molecular complexity index is 3350. The Balaban J connectivity index is 1.31. The molecule has 3 nitrogen and oxygen atoms in total. The summed E-state index contributed by atoms with van der Waals surface area (Å²) in [5.41, 5.74) is 24.8. The first kappa shape index (κ1) is 51.6. The third-order valence-corrected chi connectivity index (χ3v) is 19.7. The van der Waals surface area contributed by atoms with Crippen molar-refractivity contribution in [2.75, 3.05) is 9.80 Å². The molecule has 3 aliphatic carbocycles. The minimum atomic E-state index is -0.143. The molecule has 75 heavy (non-hydrogen) atoms. The summed E-state index contributed by atoms with van der Waals surface area (Å²) >= 11 is 0.